The molecule has 0 aliphatic carbocycles. The van der Waals surface area contributed by atoms with Gasteiger partial charge in [0.1, 0.15) is 0 Å². The van der Waals surface area contributed by atoms with E-state index in [1.165, 1.54) is 11.3 Å². The van der Waals surface area contributed by atoms with Crippen LogP contribution in [0.15, 0.2) is 18.5 Å². The Morgan fingerprint density at radius 3 is 2.88 bits per heavy atom. The number of likely N-dealkylation sites (N-methyl/N-ethyl adjacent to an activating group) is 1. The summed E-state index contributed by atoms with van der Waals surface area (Å²) in [5, 5.41) is 3.35. The molecule has 0 amide bonds. The van der Waals surface area contributed by atoms with E-state index in [-0.39, 0.29) is 0 Å². The highest BCUT2D eigenvalue weighted by molar-refractivity contribution is 5.51. The van der Waals surface area contributed by atoms with Gasteiger partial charge in [-0.05, 0) is 25.1 Å². The van der Waals surface area contributed by atoms with E-state index in [9.17, 15) is 0 Å². The van der Waals surface area contributed by atoms with Crippen LogP contribution >= 0.6 is 0 Å². The van der Waals surface area contributed by atoms with Gasteiger partial charge in [-0.2, -0.15) is 0 Å². The summed E-state index contributed by atoms with van der Waals surface area (Å²) in [6.07, 6.45) is 3.78. The van der Waals surface area contributed by atoms with Crippen LogP contribution in [0.3, 0.4) is 0 Å². The van der Waals surface area contributed by atoms with Crippen molar-refractivity contribution in [2.45, 2.75) is 20.4 Å². The fraction of sp³-hybridized carbons (Fsp3) is 0.615. The molecule has 0 radical (unpaired) electrons. The molecule has 1 aromatic heterocycles. The Labute approximate surface area is 104 Å². The number of hydrogen-bond acceptors (Lipinski definition) is 4. The molecule has 0 saturated heterocycles. The van der Waals surface area contributed by atoms with Crippen molar-refractivity contribution in [2.24, 2.45) is 0 Å². The van der Waals surface area contributed by atoms with Crippen LogP contribution in [-0.4, -0.2) is 38.3 Å². The molecule has 1 heterocycles. The summed E-state index contributed by atoms with van der Waals surface area (Å²) in [4.78, 5) is 6.51. The summed E-state index contributed by atoms with van der Waals surface area (Å²) in [7, 11) is 1.73. The van der Waals surface area contributed by atoms with Gasteiger partial charge in [0.15, 0.2) is 0 Å². The SMILES string of the molecule is CCNCc1ccncc1N(CC)CCOC. The lowest BCUT2D eigenvalue weighted by Gasteiger charge is -2.25. The van der Waals surface area contributed by atoms with Gasteiger partial charge in [0.25, 0.3) is 0 Å². The lowest BCUT2D eigenvalue weighted by Crippen LogP contribution is -2.28. The molecule has 0 bridgehead atoms. The van der Waals surface area contributed by atoms with Gasteiger partial charge < -0.3 is 15.0 Å². The summed E-state index contributed by atoms with van der Waals surface area (Å²) >= 11 is 0. The van der Waals surface area contributed by atoms with Gasteiger partial charge >= 0.3 is 0 Å². The van der Waals surface area contributed by atoms with Crippen molar-refractivity contribution in [3.63, 3.8) is 0 Å². The fourth-order valence-corrected chi connectivity index (χ4v) is 1.76. The maximum absolute atomic E-state index is 5.14. The summed E-state index contributed by atoms with van der Waals surface area (Å²) in [6.45, 7) is 8.74. The lowest BCUT2D eigenvalue weighted by atomic mass is 10.2. The molecular formula is C13H23N3O. The number of nitrogens with zero attached hydrogens (tertiary/aromatic N) is 2. The normalized spacial score (nSPS) is 10.5. The van der Waals surface area contributed by atoms with Gasteiger partial charge in [-0.15, -0.1) is 0 Å². The van der Waals surface area contributed by atoms with Crippen LogP contribution in [0, 0.1) is 0 Å². The van der Waals surface area contributed by atoms with E-state index in [1.54, 1.807) is 7.11 Å². The first-order chi connectivity index (χ1) is 8.33. The van der Waals surface area contributed by atoms with Crippen LogP contribution in [-0.2, 0) is 11.3 Å². The zero-order valence-electron chi connectivity index (χ0n) is 11.1. The fourth-order valence-electron chi connectivity index (χ4n) is 1.76. The van der Waals surface area contributed by atoms with Crippen LogP contribution in [0.2, 0.25) is 0 Å². The van der Waals surface area contributed by atoms with Gasteiger partial charge in [-0.25, -0.2) is 0 Å². The molecule has 1 N–H and O–H groups in total. The minimum Gasteiger partial charge on any atom is -0.383 e. The van der Waals surface area contributed by atoms with Crippen molar-refractivity contribution >= 4 is 5.69 Å². The molecule has 0 aliphatic rings. The van der Waals surface area contributed by atoms with Crippen LogP contribution in [0.1, 0.15) is 19.4 Å². The second-order valence-corrected chi connectivity index (χ2v) is 3.86. The summed E-state index contributed by atoms with van der Waals surface area (Å²) in [5.41, 5.74) is 2.49. The molecule has 4 heteroatoms. The van der Waals surface area contributed by atoms with E-state index in [4.69, 9.17) is 4.74 Å². The number of methoxy groups -OCH3 is 1. The Balaban J connectivity index is 2.77. The first-order valence-electron chi connectivity index (χ1n) is 6.20. The molecule has 0 saturated carbocycles. The molecule has 4 nitrogen and oxygen atoms in total. The first kappa shape index (κ1) is 13.9. The van der Waals surface area contributed by atoms with Gasteiger partial charge in [0.2, 0.25) is 0 Å². The van der Waals surface area contributed by atoms with Crippen molar-refractivity contribution in [2.75, 3.05) is 38.3 Å². The zero-order chi connectivity index (χ0) is 12.5. The highest BCUT2D eigenvalue weighted by Crippen LogP contribution is 2.18. The van der Waals surface area contributed by atoms with Crippen LogP contribution in [0.4, 0.5) is 5.69 Å². The largest absolute Gasteiger partial charge is 0.383 e. The monoisotopic (exact) mass is 237 g/mol. The summed E-state index contributed by atoms with van der Waals surface area (Å²) < 4.78 is 5.14. The molecule has 0 unspecified atom stereocenters. The quantitative estimate of drug-likeness (QED) is 0.746. The Hall–Kier alpha value is -1.13. The maximum Gasteiger partial charge on any atom is 0.0637 e. The lowest BCUT2D eigenvalue weighted by molar-refractivity contribution is 0.205. The predicted molar refractivity (Wildman–Crippen MR) is 71.4 cm³/mol. The molecule has 0 atom stereocenters. The molecule has 0 spiro atoms. The Morgan fingerprint density at radius 1 is 1.41 bits per heavy atom. The average Bonchev–Trinajstić information content (AvgIpc) is 2.38. The van der Waals surface area contributed by atoms with Gasteiger partial charge in [-0.1, -0.05) is 6.92 Å². The first-order valence-corrected chi connectivity index (χ1v) is 6.20. The summed E-state index contributed by atoms with van der Waals surface area (Å²) in [5.74, 6) is 0. The van der Waals surface area contributed by atoms with Crippen molar-refractivity contribution in [3.8, 4) is 0 Å². The van der Waals surface area contributed by atoms with Crippen molar-refractivity contribution in [1.29, 1.82) is 0 Å². The third-order valence-corrected chi connectivity index (χ3v) is 2.74. The van der Waals surface area contributed by atoms with Crippen molar-refractivity contribution in [1.82, 2.24) is 10.3 Å². The Bertz CT molecular complexity index is 317. The van der Waals surface area contributed by atoms with Gasteiger partial charge in [0.05, 0.1) is 18.5 Å². The minimum absolute atomic E-state index is 0.739. The number of ether oxygens (including phenoxy) is 1. The van der Waals surface area contributed by atoms with E-state index in [2.05, 4.69) is 35.1 Å². The van der Waals surface area contributed by atoms with E-state index in [0.717, 1.165) is 32.8 Å². The van der Waals surface area contributed by atoms with Crippen molar-refractivity contribution < 1.29 is 4.74 Å². The molecule has 0 fully saturated rings. The molecule has 17 heavy (non-hydrogen) atoms. The number of anilines is 1. The van der Waals surface area contributed by atoms with E-state index in [0.29, 0.717) is 0 Å². The van der Waals surface area contributed by atoms with Crippen LogP contribution in [0.5, 0.6) is 0 Å². The van der Waals surface area contributed by atoms with Crippen LogP contribution in [0.25, 0.3) is 0 Å². The highest BCUT2D eigenvalue weighted by atomic mass is 16.5. The number of rotatable bonds is 8. The average molecular weight is 237 g/mol. The Morgan fingerprint density at radius 2 is 2.24 bits per heavy atom. The molecule has 0 aromatic carbocycles. The van der Waals surface area contributed by atoms with Gasteiger partial charge in [0, 0.05) is 32.9 Å². The smallest absolute Gasteiger partial charge is 0.0637 e. The van der Waals surface area contributed by atoms with Crippen LogP contribution < -0.4 is 10.2 Å². The van der Waals surface area contributed by atoms with E-state index >= 15 is 0 Å². The number of hydrogen-bond donors (Lipinski definition) is 1. The molecule has 0 aliphatic heterocycles. The topological polar surface area (TPSA) is 37.4 Å². The molecule has 1 rings (SSSR count). The van der Waals surface area contributed by atoms with Gasteiger partial charge in [-0.3, -0.25) is 4.98 Å². The van der Waals surface area contributed by atoms with E-state index < -0.39 is 0 Å². The molecule has 1 aromatic rings. The molecular weight excluding hydrogens is 214 g/mol. The van der Waals surface area contributed by atoms with Crippen molar-refractivity contribution in [3.05, 3.63) is 24.0 Å². The zero-order valence-corrected chi connectivity index (χ0v) is 11.1. The summed E-state index contributed by atoms with van der Waals surface area (Å²) in [6, 6.07) is 2.08. The minimum atomic E-state index is 0.739. The second-order valence-electron chi connectivity index (χ2n) is 3.86. The standard InChI is InChI=1S/C13H23N3O/c1-4-14-10-12-6-7-15-11-13(12)16(5-2)8-9-17-3/h6-7,11,14H,4-5,8-10H2,1-3H3. The third kappa shape index (κ3) is 4.32. The number of nitrogens with one attached hydrogen (secondary N) is 1. The second kappa shape index (κ2) is 8.03. The molecule has 96 valence electrons. The highest BCUT2D eigenvalue weighted by Gasteiger charge is 2.09. The third-order valence-electron chi connectivity index (χ3n) is 2.74. The predicted octanol–water partition coefficient (Wildman–Crippen LogP) is 1.66. The Kier molecular flexibility index (Phi) is 6.58. The number of pyridine rings is 1. The van der Waals surface area contributed by atoms with E-state index in [1.807, 2.05) is 12.4 Å². The maximum atomic E-state index is 5.14. The number of aromatic nitrogens is 1.